The monoisotopic (exact) mass is 405 g/mol. The first-order chi connectivity index (χ1) is 12.6. The van der Waals surface area contributed by atoms with Crippen molar-refractivity contribution >= 4 is 10.0 Å². The van der Waals surface area contributed by atoms with Crippen molar-refractivity contribution in [1.29, 1.82) is 0 Å². The Morgan fingerprint density at radius 1 is 0.926 bits per heavy atom. The molecule has 0 aliphatic rings. The Balaban J connectivity index is 2.30. The molecule has 0 aromatic heterocycles. The highest BCUT2D eigenvalue weighted by Gasteiger charge is 2.31. The van der Waals surface area contributed by atoms with E-state index in [9.17, 15) is 21.6 Å². The molecule has 0 amide bonds. The average molecular weight is 405 g/mol. The first kappa shape index (κ1) is 20.8. The van der Waals surface area contributed by atoms with Crippen molar-refractivity contribution in [1.82, 2.24) is 4.72 Å². The Labute approximate surface area is 154 Å². The minimum absolute atomic E-state index is 0.220. The van der Waals surface area contributed by atoms with Crippen LogP contribution in [0.3, 0.4) is 0 Å². The molecular formula is C17H18F3NO5S. The summed E-state index contributed by atoms with van der Waals surface area (Å²) in [4.78, 5) is -0.489. The van der Waals surface area contributed by atoms with E-state index >= 15 is 0 Å². The van der Waals surface area contributed by atoms with E-state index in [-0.39, 0.29) is 6.54 Å². The Kier molecular flexibility index (Phi) is 6.22. The molecule has 0 heterocycles. The van der Waals surface area contributed by atoms with Crippen LogP contribution in [0.25, 0.3) is 0 Å². The van der Waals surface area contributed by atoms with Crippen molar-refractivity contribution in [3.8, 4) is 17.2 Å². The number of methoxy groups -OCH3 is 3. The first-order valence-corrected chi connectivity index (χ1v) is 9.06. The van der Waals surface area contributed by atoms with E-state index < -0.39 is 26.7 Å². The van der Waals surface area contributed by atoms with Crippen LogP contribution < -0.4 is 18.9 Å². The summed E-state index contributed by atoms with van der Waals surface area (Å²) in [5.41, 5.74) is -0.625. The third-order valence-electron chi connectivity index (χ3n) is 3.71. The first-order valence-electron chi connectivity index (χ1n) is 7.58. The molecule has 0 radical (unpaired) electrons. The van der Waals surface area contributed by atoms with Gasteiger partial charge in [0.05, 0.1) is 31.8 Å². The van der Waals surface area contributed by atoms with Gasteiger partial charge in [-0.1, -0.05) is 6.07 Å². The van der Waals surface area contributed by atoms with Gasteiger partial charge < -0.3 is 14.2 Å². The topological polar surface area (TPSA) is 73.9 Å². The molecule has 0 fully saturated rings. The van der Waals surface area contributed by atoms with Crippen molar-refractivity contribution in [3.05, 3.63) is 47.5 Å². The molecule has 0 aliphatic heterocycles. The second-order valence-corrected chi connectivity index (χ2v) is 7.14. The molecule has 0 bridgehead atoms. The van der Waals surface area contributed by atoms with Crippen molar-refractivity contribution in [3.63, 3.8) is 0 Å². The van der Waals surface area contributed by atoms with Crippen LogP contribution >= 0.6 is 0 Å². The SMILES string of the molecule is COc1cc(OC)c(OC)cc1CNS(=O)(=O)c1cccc(C(F)(F)F)c1. The number of nitrogens with one attached hydrogen (secondary N) is 1. The van der Waals surface area contributed by atoms with Crippen LogP contribution in [0.15, 0.2) is 41.3 Å². The predicted molar refractivity (Wildman–Crippen MR) is 91.6 cm³/mol. The lowest BCUT2D eigenvalue weighted by atomic mass is 10.1. The number of alkyl halides is 3. The van der Waals surface area contributed by atoms with E-state index in [1.54, 1.807) is 0 Å². The third kappa shape index (κ3) is 4.83. The van der Waals surface area contributed by atoms with Crippen LogP contribution in [-0.4, -0.2) is 29.7 Å². The van der Waals surface area contributed by atoms with Gasteiger partial charge in [-0.05, 0) is 24.3 Å². The van der Waals surface area contributed by atoms with Gasteiger partial charge in [-0.2, -0.15) is 13.2 Å². The fourth-order valence-corrected chi connectivity index (χ4v) is 3.38. The molecule has 2 aromatic carbocycles. The van der Waals surface area contributed by atoms with E-state index in [0.29, 0.717) is 28.9 Å². The van der Waals surface area contributed by atoms with Gasteiger partial charge >= 0.3 is 6.18 Å². The number of rotatable bonds is 7. The van der Waals surface area contributed by atoms with Crippen LogP contribution in [0.1, 0.15) is 11.1 Å². The molecule has 0 unspecified atom stereocenters. The summed E-state index contributed by atoms with van der Waals surface area (Å²) in [5.74, 6) is 1.07. The second-order valence-electron chi connectivity index (χ2n) is 5.37. The van der Waals surface area contributed by atoms with Crippen LogP contribution in [0.2, 0.25) is 0 Å². The van der Waals surface area contributed by atoms with Gasteiger partial charge in [0.1, 0.15) is 5.75 Å². The fourth-order valence-electron chi connectivity index (χ4n) is 2.33. The maximum Gasteiger partial charge on any atom is 0.416 e. The second kappa shape index (κ2) is 8.05. The normalized spacial score (nSPS) is 11.9. The molecule has 2 rings (SSSR count). The summed E-state index contributed by atoms with van der Waals surface area (Å²) in [5, 5.41) is 0. The molecule has 27 heavy (non-hydrogen) atoms. The Morgan fingerprint density at radius 2 is 1.52 bits per heavy atom. The predicted octanol–water partition coefficient (Wildman–Crippen LogP) is 3.21. The largest absolute Gasteiger partial charge is 0.496 e. The van der Waals surface area contributed by atoms with E-state index in [4.69, 9.17) is 14.2 Å². The number of ether oxygens (including phenoxy) is 3. The molecule has 0 atom stereocenters. The van der Waals surface area contributed by atoms with Crippen LogP contribution in [-0.2, 0) is 22.7 Å². The highest BCUT2D eigenvalue weighted by molar-refractivity contribution is 7.89. The van der Waals surface area contributed by atoms with Gasteiger partial charge in [0.15, 0.2) is 11.5 Å². The van der Waals surface area contributed by atoms with Gasteiger partial charge in [0, 0.05) is 18.2 Å². The Hall–Kier alpha value is -2.46. The maximum absolute atomic E-state index is 12.8. The van der Waals surface area contributed by atoms with Gasteiger partial charge in [0.25, 0.3) is 0 Å². The lowest BCUT2D eigenvalue weighted by Crippen LogP contribution is -2.24. The smallest absolute Gasteiger partial charge is 0.416 e. The van der Waals surface area contributed by atoms with Gasteiger partial charge in [0.2, 0.25) is 10.0 Å². The van der Waals surface area contributed by atoms with Crippen LogP contribution in [0.5, 0.6) is 17.2 Å². The zero-order chi connectivity index (χ0) is 20.2. The molecule has 148 valence electrons. The molecule has 0 saturated heterocycles. The zero-order valence-corrected chi connectivity index (χ0v) is 15.6. The molecular weight excluding hydrogens is 387 g/mol. The van der Waals surface area contributed by atoms with Crippen molar-refractivity contribution in [2.75, 3.05) is 21.3 Å². The summed E-state index contributed by atoms with van der Waals surface area (Å²) < 4.78 is 81.0. The summed E-state index contributed by atoms with van der Waals surface area (Å²) in [6.07, 6.45) is -4.64. The molecule has 0 aliphatic carbocycles. The lowest BCUT2D eigenvalue weighted by molar-refractivity contribution is -0.137. The van der Waals surface area contributed by atoms with E-state index in [1.165, 1.54) is 33.5 Å². The Morgan fingerprint density at radius 3 is 2.07 bits per heavy atom. The number of benzene rings is 2. The van der Waals surface area contributed by atoms with Crippen molar-refractivity contribution in [2.45, 2.75) is 17.6 Å². The molecule has 10 heteroatoms. The number of halogens is 3. The molecule has 2 aromatic rings. The number of hydrogen-bond acceptors (Lipinski definition) is 5. The average Bonchev–Trinajstić information content (AvgIpc) is 2.65. The standard InChI is InChI=1S/C17H18F3NO5S/c1-24-14-9-16(26-3)15(25-2)7-11(14)10-21-27(22,23)13-6-4-5-12(8-13)17(18,19)20/h4-9,21H,10H2,1-3H3. The highest BCUT2D eigenvalue weighted by atomic mass is 32.2. The van der Waals surface area contributed by atoms with Crippen LogP contribution in [0, 0.1) is 0 Å². The summed E-state index contributed by atoms with van der Waals surface area (Å²) >= 11 is 0. The van der Waals surface area contributed by atoms with Gasteiger partial charge in [-0.25, -0.2) is 13.1 Å². The highest BCUT2D eigenvalue weighted by Crippen LogP contribution is 2.35. The maximum atomic E-state index is 12.8. The molecule has 0 saturated carbocycles. The number of hydrogen-bond donors (Lipinski definition) is 1. The van der Waals surface area contributed by atoms with Crippen molar-refractivity contribution < 1.29 is 35.8 Å². The molecule has 1 N–H and O–H groups in total. The van der Waals surface area contributed by atoms with Crippen LogP contribution in [0.4, 0.5) is 13.2 Å². The quantitative estimate of drug-likeness (QED) is 0.766. The van der Waals surface area contributed by atoms with Gasteiger partial charge in [-0.15, -0.1) is 0 Å². The van der Waals surface area contributed by atoms with Crippen molar-refractivity contribution in [2.24, 2.45) is 0 Å². The number of sulfonamides is 1. The minimum Gasteiger partial charge on any atom is -0.496 e. The summed E-state index contributed by atoms with van der Waals surface area (Å²) in [6.45, 7) is -0.220. The zero-order valence-electron chi connectivity index (χ0n) is 14.8. The van der Waals surface area contributed by atoms with E-state index in [2.05, 4.69) is 4.72 Å². The summed E-state index contributed by atoms with van der Waals surface area (Å²) in [6, 6.07) is 6.54. The Bertz CT molecular complexity index is 913. The summed E-state index contributed by atoms with van der Waals surface area (Å²) in [7, 11) is 0.0712. The minimum atomic E-state index is -4.64. The van der Waals surface area contributed by atoms with E-state index in [1.807, 2.05) is 0 Å². The molecule has 6 nitrogen and oxygen atoms in total. The fraction of sp³-hybridized carbons (Fsp3) is 0.294. The van der Waals surface area contributed by atoms with E-state index in [0.717, 1.165) is 18.2 Å². The third-order valence-corrected chi connectivity index (χ3v) is 5.11. The lowest BCUT2D eigenvalue weighted by Gasteiger charge is -2.15. The van der Waals surface area contributed by atoms with Gasteiger partial charge in [-0.3, -0.25) is 0 Å². The molecule has 0 spiro atoms.